The maximum atomic E-state index is 14.1. The third-order valence-electron chi connectivity index (χ3n) is 7.53. The fourth-order valence-corrected chi connectivity index (χ4v) is 5.33. The molecule has 10 heteroatoms. The minimum absolute atomic E-state index is 0.00225. The van der Waals surface area contributed by atoms with Gasteiger partial charge in [-0.1, -0.05) is 0 Å². The number of nitrogens with zero attached hydrogens (tertiary/aromatic N) is 5. The second-order valence-electron chi connectivity index (χ2n) is 10.4. The molecule has 2 aliphatic heterocycles. The average Bonchev–Trinajstić information content (AvgIpc) is 2.96. The Hall–Kier alpha value is -4.60. The van der Waals surface area contributed by atoms with Crippen molar-refractivity contribution in [3.63, 3.8) is 0 Å². The summed E-state index contributed by atoms with van der Waals surface area (Å²) in [6.07, 6.45) is 11.8. The number of benzene rings is 1. The molecule has 204 valence electrons. The van der Waals surface area contributed by atoms with Crippen molar-refractivity contribution in [3.05, 3.63) is 83.8 Å². The molecule has 3 N–H and O–H groups in total. The van der Waals surface area contributed by atoms with Crippen LogP contribution in [0.2, 0.25) is 0 Å². The number of aromatic nitrogens is 4. The van der Waals surface area contributed by atoms with Gasteiger partial charge in [-0.3, -0.25) is 14.8 Å². The van der Waals surface area contributed by atoms with Gasteiger partial charge in [0.2, 0.25) is 11.9 Å². The van der Waals surface area contributed by atoms with Crippen molar-refractivity contribution >= 4 is 40.4 Å². The van der Waals surface area contributed by atoms with Crippen molar-refractivity contribution in [1.82, 2.24) is 19.9 Å². The highest BCUT2D eigenvalue weighted by Crippen LogP contribution is 2.30. The Bertz CT molecular complexity index is 1540. The van der Waals surface area contributed by atoms with Crippen LogP contribution in [0.3, 0.4) is 0 Å². The Morgan fingerprint density at radius 1 is 1.02 bits per heavy atom. The van der Waals surface area contributed by atoms with E-state index in [4.69, 9.17) is 0 Å². The van der Waals surface area contributed by atoms with E-state index in [-0.39, 0.29) is 17.6 Å². The van der Waals surface area contributed by atoms with Crippen molar-refractivity contribution < 1.29 is 9.18 Å². The molecule has 9 nitrogen and oxygen atoms in total. The number of carbonyl (C=O) groups is 1. The number of anilines is 6. The van der Waals surface area contributed by atoms with Crippen LogP contribution in [-0.4, -0.2) is 38.9 Å². The topological polar surface area (TPSA) is 108 Å². The predicted octanol–water partition coefficient (Wildman–Crippen LogP) is 5.55. The molecule has 0 radical (unpaired) electrons. The van der Waals surface area contributed by atoms with Gasteiger partial charge in [0.1, 0.15) is 5.82 Å². The van der Waals surface area contributed by atoms with Crippen LogP contribution in [-0.2, 0) is 17.6 Å². The van der Waals surface area contributed by atoms with Crippen molar-refractivity contribution in [3.8, 4) is 0 Å². The lowest BCUT2D eigenvalue weighted by Crippen LogP contribution is -2.35. The molecule has 6 bridgehead atoms. The molecule has 0 unspecified atom stereocenters. The standard InChI is InChI=1S/C30H31FN8O/c1-19-15-34-30-36-24-12-21(16-33-17-24)2-3-22-14-23(35-29(19)38-30)4-5-26(22)37-28(40)13-20-7-10-39(11-8-20)27-6-9-32-18-25(27)31/h4-6,9,12,14-18,20H,2-3,7-8,10-11,13H2,1H3,(H,37,40)(H2,34,35,36,38). The first-order valence-electron chi connectivity index (χ1n) is 13.6. The fraction of sp³-hybridized carbons (Fsp3) is 0.300. The summed E-state index contributed by atoms with van der Waals surface area (Å²) in [6, 6.07) is 9.74. The first-order valence-corrected chi connectivity index (χ1v) is 13.6. The summed E-state index contributed by atoms with van der Waals surface area (Å²) in [5, 5.41) is 9.82. The number of aryl methyl sites for hydroxylation is 3. The molecule has 5 heterocycles. The Morgan fingerprint density at radius 3 is 2.75 bits per heavy atom. The van der Waals surface area contributed by atoms with Gasteiger partial charge in [-0.05, 0) is 80.0 Å². The maximum Gasteiger partial charge on any atom is 0.229 e. The minimum Gasteiger partial charge on any atom is -0.369 e. The van der Waals surface area contributed by atoms with Crippen molar-refractivity contribution in [2.45, 2.75) is 39.0 Å². The SMILES string of the molecule is Cc1cnc2nc1Nc1ccc(NC(=O)CC3CCN(c4ccncc4F)CC3)c(c1)CCc1cncc(c1)N2. The number of piperidine rings is 1. The van der Waals surface area contributed by atoms with E-state index >= 15 is 0 Å². The van der Waals surface area contributed by atoms with Crippen LogP contribution in [0.25, 0.3) is 0 Å². The number of pyridine rings is 2. The highest BCUT2D eigenvalue weighted by molar-refractivity contribution is 5.92. The summed E-state index contributed by atoms with van der Waals surface area (Å²) >= 11 is 0. The number of amides is 1. The summed E-state index contributed by atoms with van der Waals surface area (Å²) < 4.78 is 14.1. The van der Waals surface area contributed by atoms with Gasteiger partial charge in [-0.25, -0.2) is 9.37 Å². The van der Waals surface area contributed by atoms with Gasteiger partial charge in [-0.15, -0.1) is 0 Å². The number of halogens is 1. The Kier molecular flexibility index (Phi) is 7.22. The smallest absolute Gasteiger partial charge is 0.229 e. The van der Waals surface area contributed by atoms with Gasteiger partial charge >= 0.3 is 0 Å². The van der Waals surface area contributed by atoms with E-state index in [9.17, 15) is 9.18 Å². The lowest BCUT2D eigenvalue weighted by atomic mass is 9.92. The summed E-state index contributed by atoms with van der Waals surface area (Å²) in [5.41, 5.74) is 6.13. The highest BCUT2D eigenvalue weighted by Gasteiger charge is 2.23. The Balaban J connectivity index is 1.17. The van der Waals surface area contributed by atoms with Gasteiger partial charge in [0.25, 0.3) is 0 Å². The van der Waals surface area contributed by atoms with Crippen LogP contribution in [0.1, 0.15) is 36.0 Å². The first kappa shape index (κ1) is 25.7. The van der Waals surface area contributed by atoms with E-state index in [1.165, 1.54) is 6.20 Å². The molecule has 2 aliphatic rings. The van der Waals surface area contributed by atoms with Crippen LogP contribution in [0, 0.1) is 18.7 Å². The molecule has 1 fully saturated rings. The average molecular weight is 539 g/mol. The zero-order valence-corrected chi connectivity index (χ0v) is 22.3. The number of hydrogen-bond donors (Lipinski definition) is 3. The molecule has 1 amide bonds. The number of rotatable bonds is 4. The second kappa shape index (κ2) is 11.3. The Labute approximate surface area is 232 Å². The van der Waals surface area contributed by atoms with Gasteiger partial charge < -0.3 is 20.9 Å². The number of fused-ring (bicyclic) bond motifs is 6. The lowest BCUT2D eigenvalue weighted by molar-refractivity contribution is -0.117. The van der Waals surface area contributed by atoms with Crippen LogP contribution in [0.4, 0.5) is 38.9 Å². The molecule has 0 spiro atoms. The molecule has 6 rings (SSSR count). The lowest BCUT2D eigenvalue weighted by Gasteiger charge is -2.33. The normalized spacial score (nSPS) is 15.1. The van der Waals surface area contributed by atoms with E-state index in [0.29, 0.717) is 23.9 Å². The predicted molar refractivity (Wildman–Crippen MR) is 154 cm³/mol. The molecule has 0 saturated carbocycles. The van der Waals surface area contributed by atoms with Gasteiger partial charge in [0.15, 0.2) is 5.82 Å². The quantitative estimate of drug-likeness (QED) is 0.311. The summed E-state index contributed by atoms with van der Waals surface area (Å²) in [7, 11) is 0. The van der Waals surface area contributed by atoms with Gasteiger partial charge in [0, 0.05) is 55.0 Å². The van der Waals surface area contributed by atoms with Crippen molar-refractivity contribution in [1.29, 1.82) is 0 Å². The molecule has 0 aliphatic carbocycles. The number of nitrogens with one attached hydrogen (secondary N) is 3. The minimum atomic E-state index is -0.306. The Morgan fingerprint density at radius 2 is 1.90 bits per heavy atom. The van der Waals surface area contributed by atoms with E-state index in [1.54, 1.807) is 24.7 Å². The maximum absolute atomic E-state index is 14.1. The van der Waals surface area contributed by atoms with E-state index < -0.39 is 0 Å². The molecular formula is C30H31FN8O. The van der Waals surface area contributed by atoms with Gasteiger partial charge in [0.05, 0.1) is 23.8 Å². The van der Waals surface area contributed by atoms with Crippen LogP contribution >= 0.6 is 0 Å². The van der Waals surface area contributed by atoms with E-state index in [2.05, 4.69) is 42.0 Å². The first-order chi connectivity index (χ1) is 19.5. The van der Waals surface area contributed by atoms with Crippen molar-refractivity contribution in [2.24, 2.45) is 5.92 Å². The highest BCUT2D eigenvalue weighted by atomic mass is 19.1. The molecule has 1 aromatic carbocycles. The van der Waals surface area contributed by atoms with Crippen LogP contribution < -0.4 is 20.9 Å². The number of hydrogen-bond acceptors (Lipinski definition) is 8. The van der Waals surface area contributed by atoms with Gasteiger partial charge in [-0.2, -0.15) is 4.98 Å². The molecule has 40 heavy (non-hydrogen) atoms. The molecular weight excluding hydrogens is 507 g/mol. The second-order valence-corrected chi connectivity index (χ2v) is 10.4. The number of carbonyl (C=O) groups excluding carboxylic acids is 1. The van der Waals surface area contributed by atoms with E-state index in [0.717, 1.165) is 72.5 Å². The molecule has 4 aromatic rings. The monoisotopic (exact) mass is 538 g/mol. The third-order valence-corrected chi connectivity index (χ3v) is 7.53. The molecule has 0 atom stereocenters. The summed E-state index contributed by atoms with van der Waals surface area (Å²) in [6.45, 7) is 3.40. The third kappa shape index (κ3) is 5.85. The van der Waals surface area contributed by atoms with Crippen LogP contribution in [0.15, 0.2) is 61.3 Å². The summed E-state index contributed by atoms with van der Waals surface area (Å²) in [4.78, 5) is 32.4. The summed E-state index contributed by atoms with van der Waals surface area (Å²) in [5.74, 6) is 1.15. The fourth-order valence-electron chi connectivity index (χ4n) is 5.33. The zero-order chi connectivity index (χ0) is 27.5. The largest absolute Gasteiger partial charge is 0.369 e. The zero-order valence-electron chi connectivity index (χ0n) is 22.3. The van der Waals surface area contributed by atoms with E-state index in [1.807, 2.05) is 36.2 Å². The molecule has 3 aromatic heterocycles. The molecule has 1 saturated heterocycles. The van der Waals surface area contributed by atoms with Crippen molar-refractivity contribution in [2.75, 3.05) is 33.9 Å². The van der Waals surface area contributed by atoms with Crippen LogP contribution in [0.5, 0.6) is 0 Å².